The number of hydrogen-bond donors (Lipinski definition) is 4. The summed E-state index contributed by atoms with van der Waals surface area (Å²) in [5, 5.41) is 12.4. The Morgan fingerprint density at radius 2 is 1.65 bits per heavy atom. The first-order valence-electron chi connectivity index (χ1n) is 20.5. The monoisotopic (exact) mass is 989 g/mol. The highest BCUT2D eigenvalue weighted by Crippen LogP contribution is 2.53. The second-order valence-electron chi connectivity index (χ2n) is 19.2. The molecule has 342 valence electrons. The van der Waals surface area contributed by atoms with E-state index in [1.807, 2.05) is 10.8 Å². The van der Waals surface area contributed by atoms with E-state index in [2.05, 4.69) is 99.9 Å². The lowest BCUT2D eigenvalue weighted by atomic mass is 10.1. The van der Waals surface area contributed by atoms with Crippen molar-refractivity contribution in [1.82, 2.24) is 34.1 Å². The molecule has 0 saturated carbocycles. The Kier molecular flexibility index (Phi) is 14.3. The highest BCUT2D eigenvalue weighted by molar-refractivity contribution is 8.39. The molecule has 4 N–H and O–H groups in total. The third-order valence-corrected chi connectivity index (χ3v) is 25.7. The summed E-state index contributed by atoms with van der Waals surface area (Å²) in [6, 6.07) is 0. The van der Waals surface area contributed by atoms with E-state index in [-0.39, 0.29) is 22.5 Å². The van der Waals surface area contributed by atoms with E-state index >= 15 is 0 Å². The van der Waals surface area contributed by atoms with Crippen LogP contribution in [0.3, 0.4) is 0 Å². The van der Waals surface area contributed by atoms with Crippen LogP contribution in [0.5, 0.6) is 0 Å². The van der Waals surface area contributed by atoms with Crippen LogP contribution in [0, 0.1) is 0 Å². The van der Waals surface area contributed by atoms with Gasteiger partial charge in [-0.1, -0.05) is 54.6 Å². The number of thiol groups is 1. The van der Waals surface area contributed by atoms with Crippen molar-refractivity contribution >= 4 is 94.2 Å². The highest BCUT2D eigenvalue weighted by atomic mass is 32.7. The van der Waals surface area contributed by atoms with Crippen LogP contribution in [-0.2, 0) is 55.0 Å². The van der Waals surface area contributed by atoms with Gasteiger partial charge in [0.25, 0.3) is 0 Å². The molecule has 2 fully saturated rings. The third kappa shape index (κ3) is 9.80. The van der Waals surface area contributed by atoms with Gasteiger partial charge >= 0.3 is 13.9 Å². The average Bonchev–Trinajstić information content (AvgIpc) is 3.90. The quantitative estimate of drug-likeness (QED) is 0.0404. The van der Waals surface area contributed by atoms with Crippen molar-refractivity contribution in [3.05, 3.63) is 30.7 Å². The van der Waals surface area contributed by atoms with Crippen LogP contribution < -0.4 is 5.73 Å². The Morgan fingerprint density at radius 3 is 2.32 bits per heavy atom. The Bertz CT molecular complexity index is 2330. The van der Waals surface area contributed by atoms with Gasteiger partial charge in [-0.05, 0) is 63.7 Å². The molecular formula is C37H59N8O10P2S3Si2+. The fourth-order valence-electron chi connectivity index (χ4n) is 7.32. The maximum absolute atomic E-state index is 12.7. The van der Waals surface area contributed by atoms with Gasteiger partial charge in [-0.15, -0.1) is 16.3 Å². The van der Waals surface area contributed by atoms with E-state index in [1.54, 1.807) is 22.7 Å². The van der Waals surface area contributed by atoms with Gasteiger partial charge in [-0.2, -0.15) is 0 Å². The summed E-state index contributed by atoms with van der Waals surface area (Å²) in [4.78, 5) is 34.1. The number of aliphatic hydroxyl groups is 1. The van der Waals surface area contributed by atoms with Crippen LogP contribution in [0.4, 0.5) is 5.82 Å². The van der Waals surface area contributed by atoms with Gasteiger partial charge in [0.1, 0.15) is 71.6 Å². The van der Waals surface area contributed by atoms with Crippen LogP contribution in [0.25, 0.3) is 22.2 Å². The number of aromatic nitrogens is 7. The van der Waals surface area contributed by atoms with Crippen LogP contribution in [0.2, 0.25) is 36.3 Å². The first kappa shape index (κ1) is 48.4. The smallest absolute Gasteiger partial charge is 0.407 e. The molecule has 3 aliphatic rings. The molecule has 0 radical (unpaired) electrons. The molecule has 4 aromatic rings. The number of nitrogens with two attached hydrogens (primary N) is 1. The van der Waals surface area contributed by atoms with Gasteiger partial charge in [0, 0.05) is 12.4 Å². The van der Waals surface area contributed by atoms with E-state index < -0.39 is 86.0 Å². The molecule has 0 bridgehead atoms. The maximum Gasteiger partial charge on any atom is 0.582 e. The first-order chi connectivity index (χ1) is 28.9. The molecule has 3 unspecified atom stereocenters. The first-order valence-corrected chi connectivity index (χ1v) is 32.6. The van der Waals surface area contributed by atoms with Crippen molar-refractivity contribution in [2.45, 2.75) is 145 Å². The maximum atomic E-state index is 12.7. The summed E-state index contributed by atoms with van der Waals surface area (Å²) in [5.74, 6) is 1.12. The number of imidazole rings is 1. The lowest BCUT2D eigenvalue weighted by Gasteiger charge is -2.41. The molecule has 18 nitrogen and oxygen atoms in total. The van der Waals surface area contributed by atoms with Gasteiger partial charge < -0.3 is 43.5 Å². The minimum absolute atomic E-state index is 0.0379. The van der Waals surface area contributed by atoms with E-state index in [9.17, 15) is 14.6 Å². The van der Waals surface area contributed by atoms with E-state index in [1.165, 1.54) is 12.7 Å². The number of fused-ring (bicyclic) bond motifs is 1. The normalized spacial score (nSPS) is 27.5. The summed E-state index contributed by atoms with van der Waals surface area (Å²) >= 11 is 11.6. The van der Waals surface area contributed by atoms with Crippen molar-refractivity contribution in [3.63, 3.8) is 0 Å². The van der Waals surface area contributed by atoms with E-state index in [0.29, 0.717) is 23.0 Å². The zero-order valence-electron chi connectivity index (χ0n) is 36.7. The largest absolute Gasteiger partial charge is 0.582 e. The lowest BCUT2D eigenvalue weighted by Crippen LogP contribution is -2.49. The van der Waals surface area contributed by atoms with Crippen molar-refractivity contribution in [2.24, 2.45) is 0 Å². The number of thioether (sulfide) groups is 1. The van der Waals surface area contributed by atoms with Crippen LogP contribution >= 0.6 is 38.0 Å². The molecular weight excluding hydrogens is 931 g/mol. The Balaban J connectivity index is 1.20. The van der Waals surface area contributed by atoms with Gasteiger partial charge in [0.05, 0.1) is 33.0 Å². The highest BCUT2D eigenvalue weighted by Gasteiger charge is 2.55. The molecule has 62 heavy (non-hydrogen) atoms. The van der Waals surface area contributed by atoms with Gasteiger partial charge in [-0.3, -0.25) is 9.09 Å². The zero-order valence-corrected chi connectivity index (χ0v) is 43.0. The number of ether oxygens (including phenoxy) is 3. The summed E-state index contributed by atoms with van der Waals surface area (Å²) in [5.41, 5.74) is 8.59. The van der Waals surface area contributed by atoms with Crippen molar-refractivity contribution in [3.8, 4) is 0 Å². The molecule has 2 saturated heterocycles. The molecule has 3 aliphatic heterocycles. The van der Waals surface area contributed by atoms with Crippen molar-refractivity contribution in [2.75, 3.05) is 30.9 Å². The molecule has 4 aromatic heterocycles. The van der Waals surface area contributed by atoms with Gasteiger partial charge in [0.15, 0.2) is 38.3 Å². The molecule has 0 aliphatic carbocycles. The minimum atomic E-state index is -4.19. The number of nitrogens with zero attached hydrogens (tertiary/aromatic N) is 7. The average molecular weight is 990 g/mol. The van der Waals surface area contributed by atoms with Crippen LogP contribution in [0.15, 0.2) is 30.2 Å². The number of aliphatic hydroxyl groups excluding tert-OH is 1. The number of aryl methyl sites for hydroxylation is 1. The van der Waals surface area contributed by atoms with E-state index in [4.69, 9.17) is 54.7 Å². The Morgan fingerprint density at radius 1 is 0.968 bits per heavy atom. The topological polar surface area (TPSA) is 222 Å². The predicted octanol–water partition coefficient (Wildman–Crippen LogP) is 7.09. The van der Waals surface area contributed by atoms with E-state index in [0.717, 1.165) is 34.6 Å². The lowest BCUT2D eigenvalue weighted by molar-refractivity contribution is -0.0581. The molecule has 10 atom stereocenters. The number of rotatable bonds is 15. The Hall–Kier alpha value is -1.51. The van der Waals surface area contributed by atoms with Crippen LogP contribution in [-0.4, -0.2) is 122 Å². The summed E-state index contributed by atoms with van der Waals surface area (Å²) < 4.78 is 61.9. The predicted molar refractivity (Wildman–Crippen MR) is 249 cm³/mol. The van der Waals surface area contributed by atoms with Gasteiger partial charge in [0.2, 0.25) is 0 Å². The van der Waals surface area contributed by atoms with Crippen molar-refractivity contribution < 1.29 is 46.8 Å². The summed E-state index contributed by atoms with van der Waals surface area (Å²) in [7, 11) is -7.12. The molecule has 0 aromatic carbocycles. The molecule has 0 amide bonds. The molecule has 0 spiro atoms. The van der Waals surface area contributed by atoms with Crippen LogP contribution in [0.1, 0.15) is 66.0 Å². The minimum Gasteiger partial charge on any atom is -0.407 e. The SMILES string of the molecule is CC(C)(C)[Si](C)(C)CO[C@@H]1C(COP(O)(=S)O[C@H]2[C@@H](O[Si](C)(C)C(C)(C)C)[C@H](n3cc4c5c(ncnc53)SCCC4)O[C@@H]2CO)O[C@@H](n2cnc3c(N)ncnc32)[C@@H]1O[P+](=O)S. The molecule has 7 rings (SSSR count). The van der Waals surface area contributed by atoms with Gasteiger partial charge in [-0.25, -0.2) is 24.9 Å². The number of anilines is 1. The standard InChI is InChI=1S/C37H58N8O10P2S3Si2/c1-36(2,3)61(7,8)20-49-26-23(52-34(28(26)53-56(47)58)45-19-43-25-30(38)39-17-41-32(25)45)16-50-57(48,59)54-27-22(15-46)51-35(29(27)55-62(9,10)37(4,5)6)44-14-21-12-11-13-60-33-24(21)31(44)40-18-42-33/h14,17-19,22-23,26-29,34-35,46H,11-13,15-16,20H2,1-10H3,(H3-,38,39,41,47,48,58,59)/p+1/t22-,23?,26-,27-,28-,29-,34-,35-,57?/m1/s1. The molecule has 25 heteroatoms. The number of nitrogen functional groups attached to an aromatic ring is 1. The number of hydrogen-bond acceptors (Lipinski definition) is 17. The van der Waals surface area contributed by atoms with Crippen molar-refractivity contribution in [1.29, 1.82) is 0 Å². The second-order valence-corrected chi connectivity index (χ2v) is 35.0. The zero-order chi connectivity index (χ0) is 45.2. The summed E-state index contributed by atoms with van der Waals surface area (Å²) in [6.07, 6.45) is 1.07. The fraction of sp³-hybridized carbons (Fsp3) is 0.703. The third-order valence-electron chi connectivity index (χ3n) is 12.9. The second kappa shape index (κ2) is 18.3. The Labute approximate surface area is 379 Å². The molecule has 7 heterocycles. The fourth-order valence-corrected chi connectivity index (χ4v) is 12.8. The summed E-state index contributed by atoms with van der Waals surface area (Å²) in [6.45, 7) is 16.6.